The summed E-state index contributed by atoms with van der Waals surface area (Å²) in [4.78, 5) is 10.4. The smallest absolute Gasteiger partial charge is 0.303 e. The standard InChI is InChI=1S/C18H32O4/c1-2-7-15(19)12-10-14-11-13-17(20)16(14)8-5-3-4-6-9-18(21)22/h10,12,14-17,19-20H,2-9,11,13H2,1H3,(H,21,22)/b12-10+. The highest BCUT2D eigenvalue weighted by Crippen LogP contribution is 2.36. The quantitative estimate of drug-likeness (QED) is 0.403. The zero-order valence-corrected chi connectivity index (χ0v) is 13.8. The number of carbonyl (C=O) groups is 1. The van der Waals surface area contributed by atoms with Crippen molar-refractivity contribution in [3.8, 4) is 0 Å². The molecule has 0 spiro atoms. The van der Waals surface area contributed by atoms with Gasteiger partial charge >= 0.3 is 5.97 Å². The summed E-state index contributed by atoms with van der Waals surface area (Å²) in [6, 6.07) is 0. The number of aliphatic hydroxyl groups is 2. The van der Waals surface area contributed by atoms with Gasteiger partial charge in [0.2, 0.25) is 0 Å². The summed E-state index contributed by atoms with van der Waals surface area (Å²) in [7, 11) is 0. The lowest BCUT2D eigenvalue weighted by Crippen LogP contribution is -2.18. The fourth-order valence-electron chi connectivity index (χ4n) is 3.39. The second-order valence-electron chi connectivity index (χ2n) is 6.56. The number of rotatable bonds is 11. The Morgan fingerprint density at radius 3 is 2.64 bits per heavy atom. The molecule has 1 aliphatic rings. The number of carboxylic acid groups (broad SMARTS) is 1. The molecule has 0 bridgehead atoms. The highest BCUT2D eigenvalue weighted by molar-refractivity contribution is 5.66. The minimum Gasteiger partial charge on any atom is -0.481 e. The van der Waals surface area contributed by atoms with Crippen LogP contribution in [0.25, 0.3) is 0 Å². The molecule has 0 amide bonds. The molecule has 4 atom stereocenters. The van der Waals surface area contributed by atoms with E-state index in [0.717, 1.165) is 57.8 Å². The summed E-state index contributed by atoms with van der Waals surface area (Å²) in [5.74, 6) is -0.0490. The monoisotopic (exact) mass is 312 g/mol. The van der Waals surface area contributed by atoms with E-state index in [1.165, 1.54) is 0 Å². The molecule has 4 heteroatoms. The Labute approximate surface area is 134 Å². The minimum atomic E-state index is -0.720. The maximum Gasteiger partial charge on any atom is 0.303 e. The van der Waals surface area contributed by atoms with Crippen LogP contribution in [-0.4, -0.2) is 33.5 Å². The molecular formula is C18H32O4. The predicted octanol–water partition coefficient (Wildman–Crippen LogP) is 3.52. The lowest BCUT2D eigenvalue weighted by atomic mass is 9.88. The van der Waals surface area contributed by atoms with E-state index in [1.807, 2.05) is 6.08 Å². The maximum absolute atomic E-state index is 10.4. The lowest BCUT2D eigenvalue weighted by Gasteiger charge is -2.20. The second-order valence-corrected chi connectivity index (χ2v) is 6.56. The molecule has 0 radical (unpaired) electrons. The van der Waals surface area contributed by atoms with E-state index < -0.39 is 5.97 Å². The van der Waals surface area contributed by atoms with Crippen LogP contribution in [0.4, 0.5) is 0 Å². The molecule has 0 aromatic heterocycles. The summed E-state index contributed by atoms with van der Waals surface area (Å²) in [5, 5.41) is 28.5. The number of aliphatic hydroxyl groups excluding tert-OH is 2. The van der Waals surface area contributed by atoms with Gasteiger partial charge in [-0.05, 0) is 43.9 Å². The Morgan fingerprint density at radius 1 is 1.23 bits per heavy atom. The van der Waals surface area contributed by atoms with Crippen molar-refractivity contribution in [2.24, 2.45) is 11.8 Å². The van der Waals surface area contributed by atoms with Gasteiger partial charge in [0.1, 0.15) is 0 Å². The Kier molecular flexibility index (Phi) is 9.41. The lowest BCUT2D eigenvalue weighted by molar-refractivity contribution is -0.137. The van der Waals surface area contributed by atoms with Gasteiger partial charge in [0.15, 0.2) is 0 Å². The first-order chi connectivity index (χ1) is 10.5. The van der Waals surface area contributed by atoms with Gasteiger partial charge in [-0.15, -0.1) is 0 Å². The molecule has 3 N–H and O–H groups in total. The normalized spacial score (nSPS) is 26.6. The fourth-order valence-corrected chi connectivity index (χ4v) is 3.39. The Morgan fingerprint density at radius 2 is 1.95 bits per heavy atom. The van der Waals surface area contributed by atoms with Crippen molar-refractivity contribution in [3.63, 3.8) is 0 Å². The molecule has 128 valence electrons. The third kappa shape index (κ3) is 7.41. The Balaban J connectivity index is 2.28. The number of hydrogen-bond donors (Lipinski definition) is 3. The summed E-state index contributed by atoms with van der Waals surface area (Å²) >= 11 is 0. The summed E-state index contributed by atoms with van der Waals surface area (Å²) in [6.07, 6.45) is 12.0. The van der Waals surface area contributed by atoms with E-state index >= 15 is 0 Å². The fraction of sp³-hybridized carbons (Fsp3) is 0.833. The largest absolute Gasteiger partial charge is 0.481 e. The molecule has 0 aromatic rings. The van der Waals surface area contributed by atoms with Crippen LogP contribution >= 0.6 is 0 Å². The first-order valence-electron chi connectivity index (χ1n) is 8.80. The number of unbranched alkanes of at least 4 members (excludes halogenated alkanes) is 3. The maximum atomic E-state index is 10.4. The summed E-state index contributed by atoms with van der Waals surface area (Å²) in [5.41, 5.74) is 0. The average molecular weight is 312 g/mol. The van der Waals surface area contributed by atoms with Crippen LogP contribution in [0.3, 0.4) is 0 Å². The molecule has 1 saturated carbocycles. The number of hydrogen-bond acceptors (Lipinski definition) is 3. The zero-order valence-electron chi connectivity index (χ0n) is 13.8. The predicted molar refractivity (Wildman–Crippen MR) is 87.6 cm³/mol. The highest BCUT2D eigenvalue weighted by atomic mass is 16.4. The van der Waals surface area contributed by atoms with Crippen molar-refractivity contribution in [2.75, 3.05) is 0 Å². The van der Waals surface area contributed by atoms with E-state index in [1.54, 1.807) is 0 Å². The van der Waals surface area contributed by atoms with Gasteiger partial charge in [0.25, 0.3) is 0 Å². The van der Waals surface area contributed by atoms with Crippen molar-refractivity contribution in [1.29, 1.82) is 0 Å². The SMILES string of the molecule is CCCC(O)/C=C/C1CCC(O)C1CCCCCCC(=O)O. The number of allylic oxidation sites excluding steroid dienone is 1. The molecule has 0 aliphatic heterocycles. The van der Waals surface area contributed by atoms with Gasteiger partial charge < -0.3 is 15.3 Å². The summed E-state index contributed by atoms with van der Waals surface area (Å²) in [6.45, 7) is 2.06. The first kappa shape index (κ1) is 19.2. The first-order valence-corrected chi connectivity index (χ1v) is 8.80. The van der Waals surface area contributed by atoms with Crippen LogP contribution < -0.4 is 0 Å². The molecule has 1 aliphatic carbocycles. The van der Waals surface area contributed by atoms with E-state index in [2.05, 4.69) is 13.0 Å². The van der Waals surface area contributed by atoms with Crippen LogP contribution in [0, 0.1) is 11.8 Å². The summed E-state index contributed by atoms with van der Waals surface area (Å²) < 4.78 is 0. The molecule has 4 nitrogen and oxygen atoms in total. The van der Waals surface area contributed by atoms with Gasteiger partial charge in [-0.2, -0.15) is 0 Å². The molecule has 0 saturated heterocycles. The van der Waals surface area contributed by atoms with Gasteiger partial charge in [0.05, 0.1) is 12.2 Å². The average Bonchev–Trinajstić information content (AvgIpc) is 2.81. The van der Waals surface area contributed by atoms with E-state index in [9.17, 15) is 15.0 Å². The van der Waals surface area contributed by atoms with E-state index in [-0.39, 0.29) is 18.6 Å². The van der Waals surface area contributed by atoms with Crippen molar-refractivity contribution in [1.82, 2.24) is 0 Å². The molecule has 0 aromatic carbocycles. The zero-order chi connectivity index (χ0) is 16.4. The van der Waals surface area contributed by atoms with Gasteiger partial charge in [-0.3, -0.25) is 4.79 Å². The molecule has 0 heterocycles. The number of carboxylic acids is 1. The van der Waals surface area contributed by atoms with Crippen LogP contribution in [0.2, 0.25) is 0 Å². The Bertz CT molecular complexity index is 340. The van der Waals surface area contributed by atoms with Gasteiger partial charge in [-0.25, -0.2) is 0 Å². The van der Waals surface area contributed by atoms with Crippen LogP contribution in [-0.2, 0) is 4.79 Å². The van der Waals surface area contributed by atoms with Crippen molar-refractivity contribution < 1.29 is 20.1 Å². The van der Waals surface area contributed by atoms with Crippen LogP contribution in [0.5, 0.6) is 0 Å². The Hall–Kier alpha value is -0.870. The third-order valence-corrected chi connectivity index (χ3v) is 4.68. The second kappa shape index (κ2) is 10.8. The molecule has 1 fully saturated rings. The molecule has 4 unspecified atom stereocenters. The molecular weight excluding hydrogens is 280 g/mol. The van der Waals surface area contributed by atoms with Crippen LogP contribution in [0.1, 0.15) is 71.1 Å². The highest BCUT2D eigenvalue weighted by Gasteiger charge is 2.32. The van der Waals surface area contributed by atoms with Crippen LogP contribution in [0.15, 0.2) is 12.2 Å². The minimum absolute atomic E-state index is 0.225. The topological polar surface area (TPSA) is 77.8 Å². The van der Waals surface area contributed by atoms with E-state index in [0.29, 0.717) is 11.8 Å². The van der Waals surface area contributed by atoms with Crippen molar-refractivity contribution in [2.45, 2.75) is 83.3 Å². The van der Waals surface area contributed by atoms with Crippen molar-refractivity contribution in [3.05, 3.63) is 12.2 Å². The third-order valence-electron chi connectivity index (χ3n) is 4.68. The molecule has 22 heavy (non-hydrogen) atoms. The molecule has 1 rings (SSSR count). The van der Waals surface area contributed by atoms with E-state index in [4.69, 9.17) is 5.11 Å². The van der Waals surface area contributed by atoms with Gasteiger partial charge in [-0.1, -0.05) is 44.8 Å². The number of aliphatic carboxylic acids is 1. The van der Waals surface area contributed by atoms with Gasteiger partial charge in [0, 0.05) is 6.42 Å². The van der Waals surface area contributed by atoms with Crippen molar-refractivity contribution >= 4 is 5.97 Å².